The summed E-state index contributed by atoms with van der Waals surface area (Å²) in [5.74, 6) is 0.196. The molecule has 1 amide bonds. The van der Waals surface area contributed by atoms with Gasteiger partial charge in [0, 0.05) is 11.8 Å². The number of amides is 1. The van der Waals surface area contributed by atoms with E-state index in [1.165, 1.54) is 31.5 Å². The zero-order valence-corrected chi connectivity index (χ0v) is 12.8. The normalized spacial score (nSPS) is 10.1. The minimum absolute atomic E-state index is 0.0662. The fourth-order valence-corrected chi connectivity index (χ4v) is 2.07. The number of pyridine rings is 1. The van der Waals surface area contributed by atoms with Crippen molar-refractivity contribution < 1.29 is 19.4 Å². The molecule has 1 aromatic carbocycles. The summed E-state index contributed by atoms with van der Waals surface area (Å²) in [4.78, 5) is 16.1. The molecule has 6 nitrogen and oxygen atoms in total. The van der Waals surface area contributed by atoms with Crippen LogP contribution in [-0.4, -0.2) is 29.7 Å². The van der Waals surface area contributed by atoms with Crippen molar-refractivity contribution in [2.45, 2.75) is 6.92 Å². The minimum Gasteiger partial charge on any atom is -0.504 e. The number of anilines is 1. The van der Waals surface area contributed by atoms with Gasteiger partial charge < -0.3 is 19.9 Å². The number of methoxy groups -OCH3 is 1. The highest BCUT2D eigenvalue weighted by Crippen LogP contribution is 2.36. The van der Waals surface area contributed by atoms with Gasteiger partial charge in [-0.25, -0.2) is 4.98 Å². The number of nitrogens with zero attached hydrogens (tertiary/aromatic N) is 1. The van der Waals surface area contributed by atoms with Gasteiger partial charge in [-0.1, -0.05) is 11.6 Å². The average Bonchev–Trinajstić information content (AvgIpc) is 2.51. The molecule has 22 heavy (non-hydrogen) atoms. The van der Waals surface area contributed by atoms with Gasteiger partial charge in [-0.05, 0) is 31.2 Å². The molecule has 0 unspecified atom stereocenters. The molecular formula is C15H15ClN2O4. The highest BCUT2D eigenvalue weighted by molar-refractivity contribution is 6.32. The molecule has 0 spiro atoms. The highest BCUT2D eigenvalue weighted by atomic mass is 35.5. The number of hydrogen-bond donors (Lipinski definition) is 2. The van der Waals surface area contributed by atoms with E-state index in [-0.39, 0.29) is 22.2 Å². The Labute approximate surface area is 132 Å². The Bertz CT molecular complexity index is 691. The number of ether oxygens (including phenoxy) is 2. The van der Waals surface area contributed by atoms with Crippen LogP contribution in [0.4, 0.5) is 5.82 Å². The number of benzene rings is 1. The molecule has 2 rings (SSSR count). The van der Waals surface area contributed by atoms with Crippen LogP contribution >= 0.6 is 11.6 Å². The van der Waals surface area contributed by atoms with Gasteiger partial charge in [0.05, 0.1) is 18.7 Å². The van der Waals surface area contributed by atoms with E-state index < -0.39 is 5.91 Å². The van der Waals surface area contributed by atoms with Crippen molar-refractivity contribution in [3.8, 4) is 17.2 Å². The molecule has 0 fully saturated rings. The van der Waals surface area contributed by atoms with Crippen molar-refractivity contribution in [2.75, 3.05) is 19.0 Å². The molecule has 0 radical (unpaired) electrons. The largest absolute Gasteiger partial charge is 0.504 e. The zero-order valence-electron chi connectivity index (χ0n) is 12.1. The maximum absolute atomic E-state index is 12.2. The maximum atomic E-state index is 12.2. The van der Waals surface area contributed by atoms with Crippen LogP contribution < -0.4 is 14.8 Å². The molecule has 1 aromatic heterocycles. The Morgan fingerprint density at radius 2 is 2.23 bits per heavy atom. The highest BCUT2D eigenvalue weighted by Gasteiger charge is 2.17. The van der Waals surface area contributed by atoms with E-state index >= 15 is 0 Å². The lowest BCUT2D eigenvalue weighted by Gasteiger charge is -2.13. The van der Waals surface area contributed by atoms with Crippen molar-refractivity contribution in [3.05, 3.63) is 41.0 Å². The molecule has 0 aliphatic rings. The fraction of sp³-hybridized carbons (Fsp3) is 0.200. The van der Waals surface area contributed by atoms with Gasteiger partial charge in [-0.3, -0.25) is 4.79 Å². The predicted octanol–water partition coefficient (Wildman–Crippen LogP) is 3.10. The summed E-state index contributed by atoms with van der Waals surface area (Å²) in [6.45, 7) is 2.24. The number of halogens is 1. The van der Waals surface area contributed by atoms with Gasteiger partial charge in [-0.2, -0.15) is 0 Å². The van der Waals surface area contributed by atoms with Gasteiger partial charge in [0.1, 0.15) is 0 Å². The number of aromatic hydroxyl groups is 1. The van der Waals surface area contributed by atoms with E-state index in [0.29, 0.717) is 18.1 Å². The van der Waals surface area contributed by atoms with Crippen molar-refractivity contribution in [2.24, 2.45) is 0 Å². The van der Waals surface area contributed by atoms with Gasteiger partial charge in [0.15, 0.2) is 23.1 Å². The standard InChI is InChI=1S/C15H15ClN2O4/c1-3-22-13-10(16)7-9(8-12(13)21-2)15(20)18-14-11(19)5-4-6-17-14/h4-8,19H,3H2,1-2H3,(H,17,18,20). The second-order valence-corrected chi connectivity index (χ2v) is 4.65. The zero-order chi connectivity index (χ0) is 16.1. The third kappa shape index (κ3) is 3.40. The van der Waals surface area contributed by atoms with E-state index in [4.69, 9.17) is 21.1 Å². The average molecular weight is 323 g/mol. The Hall–Kier alpha value is -2.47. The van der Waals surface area contributed by atoms with E-state index in [0.717, 1.165) is 0 Å². The summed E-state index contributed by atoms with van der Waals surface area (Å²) in [5.41, 5.74) is 0.260. The van der Waals surface area contributed by atoms with Crippen LogP contribution in [0.5, 0.6) is 17.2 Å². The van der Waals surface area contributed by atoms with Gasteiger partial charge in [0.25, 0.3) is 5.91 Å². The first-order valence-electron chi connectivity index (χ1n) is 6.52. The molecule has 0 saturated carbocycles. The summed E-state index contributed by atoms with van der Waals surface area (Å²) >= 11 is 6.12. The summed E-state index contributed by atoms with van der Waals surface area (Å²) in [7, 11) is 1.46. The summed E-state index contributed by atoms with van der Waals surface area (Å²) in [5, 5.41) is 12.4. The van der Waals surface area contributed by atoms with Crippen LogP contribution in [0.15, 0.2) is 30.5 Å². The number of hydrogen-bond acceptors (Lipinski definition) is 5. The number of carbonyl (C=O) groups excluding carboxylic acids is 1. The first kappa shape index (κ1) is 15.9. The van der Waals surface area contributed by atoms with Gasteiger partial charge in [-0.15, -0.1) is 0 Å². The molecular weight excluding hydrogens is 308 g/mol. The quantitative estimate of drug-likeness (QED) is 0.884. The SMILES string of the molecule is CCOc1c(Cl)cc(C(=O)Nc2ncccc2O)cc1OC. The molecule has 2 aromatic rings. The molecule has 0 atom stereocenters. The van der Waals surface area contributed by atoms with Crippen LogP contribution in [0.2, 0.25) is 5.02 Å². The summed E-state index contributed by atoms with van der Waals surface area (Å²) in [6.07, 6.45) is 1.46. The third-order valence-electron chi connectivity index (χ3n) is 2.80. The predicted molar refractivity (Wildman–Crippen MR) is 83.0 cm³/mol. The third-order valence-corrected chi connectivity index (χ3v) is 3.08. The number of carbonyl (C=O) groups is 1. The Kier molecular flexibility index (Phi) is 5.06. The first-order valence-corrected chi connectivity index (χ1v) is 6.90. The molecule has 0 aliphatic heterocycles. The first-order chi connectivity index (χ1) is 10.6. The molecule has 0 saturated heterocycles. The Morgan fingerprint density at radius 3 is 2.86 bits per heavy atom. The molecule has 2 N–H and O–H groups in total. The fourth-order valence-electron chi connectivity index (χ4n) is 1.81. The lowest BCUT2D eigenvalue weighted by molar-refractivity contribution is 0.102. The van der Waals surface area contributed by atoms with E-state index in [1.54, 1.807) is 6.07 Å². The summed E-state index contributed by atoms with van der Waals surface area (Å²) < 4.78 is 10.6. The van der Waals surface area contributed by atoms with Crippen molar-refractivity contribution in [3.63, 3.8) is 0 Å². The smallest absolute Gasteiger partial charge is 0.257 e. The second kappa shape index (κ2) is 7.00. The van der Waals surface area contributed by atoms with Crippen LogP contribution in [0.1, 0.15) is 17.3 Å². The lowest BCUT2D eigenvalue weighted by Crippen LogP contribution is -2.13. The van der Waals surface area contributed by atoms with Crippen molar-refractivity contribution in [1.82, 2.24) is 4.98 Å². The van der Waals surface area contributed by atoms with Crippen LogP contribution in [0.3, 0.4) is 0 Å². The van der Waals surface area contributed by atoms with Gasteiger partial charge in [0.2, 0.25) is 0 Å². The molecule has 0 bridgehead atoms. The lowest BCUT2D eigenvalue weighted by atomic mass is 10.2. The molecule has 116 valence electrons. The van der Waals surface area contributed by atoms with E-state index in [1.807, 2.05) is 6.92 Å². The topological polar surface area (TPSA) is 80.7 Å². The molecule has 1 heterocycles. The van der Waals surface area contributed by atoms with Gasteiger partial charge >= 0.3 is 0 Å². The summed E-state index contributed by atoms with van der Waals surface area (Å²) in [6, 6.07) is 5.95. The molecule has 7 heteroatoms. The minimum atomic E-state index is -0.475. The van der Waals surface area contributed by atoms with Crippen molar-refractivity contribution in [1.29, 1.82) is 0 Å². The van der Waals surface area contributed by atoms with Crippen LogP contribution in [0.25, 0.3) is 0 Å². The molecule has 0 aliphatic carbocycles. The van der Waals surface area contributed by atoms with Crippen LogP contribution in [0, 0.1) is 0 Å². The second-order valence-electron chi connectivity index (χ2n) is 4.25. The Balaban J connectivity index is 2.30. The van der Waals surface area contributed by atoms with E-state index in [9.17, 15) is 9.90 Å². The van der Waals surface area contributed by atoms with Crippen LogP contribution in [-0.2, 0) is 0 Å². The number of aromatic nitrogens is 1. The number of nitrogens with one attached hydrogen (secondary N) is 1. The number of rotatable bonds is 5. The maximum Gasteiger partial charge on any atom is 0.257 e. The van der Waals surface area contributed by atoms with E-state index in [2.05, 4.69) is 10.3 Å². The Morgan fingerprint density at radius 1 is 1.45 bits per heavy atom. The monoisotopic (exact) mass is 322 g/mol. The van der Waals surface area contributed by atoms with Crippen molar-refractivity contribution >= 4 is 23.3 Å².